The highest BCUT2D eigenvalue weighted by molar-refractivity contribution is 5.37. The first-order valence-electron chi connectivity index (χ1n) is 7.72. The first-order valence-corrected chi connectivity index (χ1v) is 7.72. The predicted octanol–water partition coefficient (Wildman–Crippen LogP) is 2.72. The van der Waals surface area contributed by atoms with Gasteiger partial charge in [0.15, 0.2) is 11.6 Å². The average Bonchev–Trinajstić information content (AvgIpc) is 3.17. The van der Waals surface area contributed by atoms with Gasteiger partial charge in [-0.1, -0.05) is 13.8 Å². The molecule has 1 aromatic carbocycles. The summed E-state index contributed by atoms with van der Waals surface area (Å²) in [6, 6.07) is 9.73. The molecule has 0 saturated heterocycles. The molecule has 120 valence electrons. The second kappa shape index (κ2) is 6.64. The lowest BCUT2D eigenvalue weighted by atomic mass is 10.1. The molecule has 0 radical (unpaired) electrons. The van der Waals surface area contributed by atoms with E-state index in [9.17, 15) is 0 Å². The predicted molar refractivity (Wildman–Crippen MR) is 87.8 cm³/mol. The van der Waals surface area contributed by atoms with Crippen LogP contribution in [0.2, 0.25) is 0 Å². The average molecular weight is 311 g/mol. The topological polar surface area (TPSA) is 57.8 Å². The summed E-state index contributed by atoms with van der Waals surface area (Å²) in [4.78, 5) is 4.70. The van der Waals surface area contributed by atoms with Crippen LogP contribution < -0.4 is 4.74 Å². The summed E-state index contributed by atoms with van der Waals surface area (Å²) in [5.41, 5.74) is 0.968. The Morgan fingerprint density at radius 2 is 1.96 bits per heavy atom. The summed E-state index contributed by atoms with van der Waals surface area (Å²) in [5.74, 6) is 3.07. The van der Waals surface area contributed by atoms with E-state index >= 15 is 0 Å². The van der Waals surface area contributed by atoms with Crippen LogP contribution in [0.1, 0.15) is 25.5 Å². The van der Waals surface area contributed by atoms with Crippen LogP contribution in [-0.4, -0.2) is 31.7 Å². The maximum Gasteiger partial charge on any atom is 0.154 e. The third-order valence-electron chi connectivity index (χ3n) is 3.49. The van der Waals surface area contributed by atoms with Crippen LogP contribution in [0.15, 0.2) is 42.7 Å². The van der Waals surface area contributed by atoms with Crippen LogP contribution in [-0.2, 0) is 13.0 Å². The van der Waals surface area contributed by atoms with Gasteiger partial charge >= 0.3 is 0 Å². The van der Waals surface area contributed by atoms with Crippen molar-refractivity contribution >= 4 is 0 Å². The second-order valence-corrected chi connectivity index (χ2v) is 5.86. The van der Waals surface area contributed by atoms with E-state index in [4.69, 9.17) is 9.72 Å². The number of nitrogens with zero attached hydrogens (tertiary/aromatic N) is 5. The smallest absolute Gasteiger partial charge is 0.154 e. The Labute approximate surface area is 135 Å². The van der Waals surface area contributed by atoms with E-state index in [1.807, 2.05) is 45.9 Å². The van der Waals surface area contributed by atoms with Gasteiger partial charge in [0.05, 0.1) is 12.8 Å². The number of rotatable bonds is 6. The molecule has 0 saturated carbocycles. The quantitative estimate of drug-likeness (QED) is 0.702. The number of hydrogen-bond donors (Lipinski definition) is 0. The highest BCUT2D eigenvalue weighted by Crippen LogP contribution is 2.17. The molecule has 2 heterocycles. The largest absolute Gasteiger partial charge is 0.497 e. The third kappa shape index (κ3) is 3.59. The van der Waals surface area contributed by atoms with Gasteiger partial charge in [0.1, 0.15) is 12.3 Å². The molecular weight excluding hydrogens is 290 g/mol. The number of methoxy groups -OCH3 is 1. The molecular formula is C17H21N5O. The first-order chi connectivity index (χ1) is 11.2. The molecule has 0 aliphatic heterocycles. The van der Waals surface area contributed by atoms with Gasteiger partial charge in [-0.3, -0.25) is 4.68 Å². The summed E-state index contributed by atoms with van der Waals surface area (Å²) in [7, 11) is 1.66. The van der Waals surface area contributed by atoms with Crippen molar-refractivity contribution in [3.8, 4) is 11.4 Å². The highest BCUT2D eigenvalue weighted by atomic mass is 16.5. The van der Waals surface area contributed by atoms with Crippen molar-refractivity contribution in [3.63, 3.8) is 0 Å². The van der Waals surface area contributed by atoms with Crippen molar-refractivity contribution in [1.82, 2.24) is 24.5 Å². The van der Waals surface area contributed by atoms with Crippen LogP contribution in [0.4, 0.5) is 0 Å². The molecule has 0 N–H and O–H groups in total. The number of ether oxygens (including phenoxy) is 1. The Bertz CT molecular complexity index is 744. The van der Waals surface area contributed by atoms with Crippen LogP contribution in [0.3, 0.4) is 0 Å². The molecule has 0 aliphatic carbocycles. The summed E-state index contributed by atoms with van der Waals surface area (Å²) in [5, 5.41) is 8.94. The normalized spacial score (nSPS) is 11.1. The standard InChI is InChI=1S/C17H21N5O/c1-13(2)11-16-19-17(12-21-10-4-9-18-21)22(20-16)14-5-7-15(23-3)8-6-14/h4-10,13H,11-12H2,1-3H3. The molecule has 23 heavy (non-hydrogen) atoms. The van der Waals surface area contributed by atoms with Crippen LogP contribution >= 0.6 is 0 Å². The Morgan fingerprint density at radius 3 is 2.57 bits per heavy atom. The summed E-state index contributed by atoms with van der Waals surface area (Å²) >= 11 is 0. The van der Waals surface area contributed by atoms with E-state index in [1.165, 1.54) is 0 Å². The zero-order valence-electron chi connectivity index (χ0n) is 13.7. The molecule has 0 unspecified atom stereocenters. The van der Waals surface area contributed by atoms with Gasteiger partial charge in [0.25, 0.3) is 0 Å². The molecule has 2 aromatic heterocycles. The zero-order valence-corrected chi connectivity index (χ0v) is 13.7. The lowest BCUT2D eigenvalue weighted by molar-refractivity contribution is 0.414. The lowest BCUT2D eigenvalue weighted by Gasteiger charge is -2.07. The van der Waals surface area contributed by atoms with Crippen molar-refractivity contribution in [2.45, 2.75) is 26.8 Å². The molecule has 6 nitrogen and oxygen atoms in total. The van der Waals surface area contributed by atoms with E-state index in [0.29, 0.717) is 12.5 Å². The van der Waals surface area contributed by atoms with Crippen molar-refractivity contribution in [1.29, 1.82) is 0 Å². The Kier molecular flexibility index (Phi) is 4.41. The van der Waals surface area contributed by atoms with Gasteiger partial charge in [-0.05, 0) is 36.2 Å². The van der Waals surface area contributed by atoms with Crippen LogP contribution in [0.25, 0.3) is 5.69 Å². The fraction of sp³-hybridized carbons (Fsp3) is 0.353. The molecule has 3 rings (SSSR count). The summed E-state index contributed by atoms with van der Waals surface area (Å²) < 4.78 is 8.96. The monoisotopic (exact) mass is 311 g/mol. The molecule has 0 amide bonds. The molecule has 0 aliphatic rings. The fourth-order valence-electron chi connectivity index (χ4n) is 2.41. The Balaban J connectivity index is 1.96. The van der Waals surface area contributed by atoms with E-state index < -0.39 is 0 Å². The maximum atomic E-state index is 5.22. The van der Waals surface area contributed by atoms with Gasteiger partial charge in [-0.15, -0.1) is 0 Å². The molecule has 0 fully saturated rings. The molecule has 3 aromatic rings. The summed E-state index contributed by atoms with van der Waals surface area (Å²) in [6.45, 7) is 4.92. The van der Waals surface area contributed by atoms with Gasteiger partial charge in [-0.2, -0.15) is 10.2 Å². The van der Waals surface area contributed by atoms with Gasteiger partial charge in [-0.25, -0.2) is 9.67 Å². The molecule has 0 spiro atoms. The van der Waals surface area contributed by atoms with Crippen molar-refractivity contribution in [3.05, 3.63) is 54.4 Å². The SMILES string of the molecule is COc1ccc(-n2nc(CC(C)C)nc2Cn2cccn2)cc1. The van der Waals surface area contributed by atoms with Crippen molar-refractivity contribution in [2.75, 3.05) is 7.11 Å². The van der Waals surface area contributed by atoms with E-state index in [2.05, 4.69) is 24.0 Å². The van der Waals surface area contributed by atoms with Gasteiger partial charge in [0.2, 0.25) is 0 Å². The van der Waals surface area contributed by atoms with E-state index in [-0.39, 0.29) is 0 Å². The Hall–Kier alpha value is -2.63. The van der Waals surface area contributed by atoms with E-state index in [1.54, 1.807) is 13.3 Å². The number of aromatic nitrogens is 5. The second-order valence-electron chi connectivity index (χ2n) is 5.86. The van der Waals surface area contributed by atoms with Crippen LogP contribution in [0, 0.1) is 5.92 Å². The minimum absolute atomic E-state index is 0.513. The Morgan fingerprint density at radius 1 is 1.17 bits per heavy atom. The summed E-state index contributed by atoms with van der Waals surface area (Å²) in [6.07, 6.45) is 4.55. The molecule has 0 atom stereocenters. The van der Waals surface area contributed by atoms with Gasteiger partial charge < -0.3 is 4.74 Å². The maximum absolute atomic E-state index is 5.22. The zero-order chi connectivity index (χ0) is 16.2. The lowest BCUT2D eigenvalue weighted by Crippen LogP contribution is -2.08. The van der Waals surface area contributed by atoms with Crippen molar-refractivity contribution in [2.24, 2.45) is 5.92 Å². The van der Waals surface area contributed by atoms with Crippen LogP contribution in [0.5, 0.6) is 5.75 Å². The van der Waals surface area contributed by atoms with E-state index in [0.717, 1.165) is 29.5 Å². The molecule has 6 heteroatoms. The molecule has 0 bridgehead atoms. The minimum atomic E-state index is 0.513. The van der Waals surface area contributed by atoms with Gasteiger partial charge in [0, 0.05) is 18.8 Å². The minimum Gasteiger partial charge on any atom is -0.497 e. The highest BCUT2D eigenvalue weighted by Gasteiger charge is 2.13. The number of hydrogen-bond acceptors (Lipinski definition) is 4. The van der Waals surface area contributed by atoms with Crippen molar-refractivity contribution < 1.29 is 4.74 Å². The fourth-order valence-corrected chi connectivity index (χ4v) is 2.41. The number of benzene rings is 1. The first kappa shape index (κ1) is 15.3. The third-order valence-corrected chi connectivity index (χ3v) is 3.49.